The zero-order valence-electron chi connectivity index (χ0n) is 9.21. The van der Waals surface area contributed by atoms with Crippen LogP contribution in [0.4, 0.5) is 0 Å². The first-order valence-corrected chi connectivity index (χ1v) is 5.29. The Hall–Kier alpha value is -1.12. The Morgan fingerprint density at radius 2 is 2.07 bits per heavy atom. The predicted molar refractivity (Wildman–Crippen MR) is 55.1 cm³/mol. The molecule has 3 nitrogen and oxygen atoms in total. The van der Waals surface area contributed by atoms with Crippen molar-refractivity contribution in [2.45, 2.75) is 26.2 Å². The standard InChI is InChI=1S/C12H16O3/c1-7(11(14)15-3)12-5-9(8(2)13)4-10(12)6-12/h9-10H,1,4-6H2,2-3H3/t9?,10-,12+/m0/s1. The average Bonchev–Trinajstić information content (AvgIpc) is 2.79. The average molecular weight is 208 g/mol. The topological polar surface area (TPSA) is 43.4 Å². The summed E-state index contributed by atoms with van der Waals surface area (Å²) in [5.41, 5.74) is 0.474. The quantitative estimate of drug-likeness (QED) is 0.524. The van der Waals surface area contributed by atoms with Gasteiger partial charge in [0.05, 0.1) is 7.11 Å². The molecule has 2 rings (SSSR count). The molecule has 0 amide bonds. The number of carbonyl (C=O) groups is 2. The Bertz CT molecular complexity index is 345. The lowest BCUT2D eigenvalue weighted by molar-refractivity contribution is -0.137. The summed E-state index contributed by atoms with van der Waals surface area (Å²) in [6, 6.07) is 0. The number of ketones is 1. The first-order valence-electron chi connectivity index (χ1n) is 5.29. The van der Waals surface area contributed by atoms with Gasteiger partial charge in [-0.15, -0.1) is 0 Å². The second-order valence-corrected chi connectivity index (χ2v) is 4.77. The number of fused-ring (bicyclic) bond motifs is 1. The van der Waals surface area contributed by atoms with Gasteiger partial charge in [-0.1, -0.05) is 6.58 Å². The van der Waals surface area contributed by atoms with Gasteiger partial charge in [-0.25, -0.2) is 4.79 Å². The van der Waals surface area contributed by atoms with Gasteiger partial charge in [0.25, 0.3) is 0 Å². The lowest BCUT2D eigenvalue weighted by Gasteiger charge is -2.15. The second-order valence-electron chi connectivity index (χ2n) is 4.77. The van der Waals surface area contributed by atoms with E-state index in [9.17, 15) is 9.59 Å². The maximum atomic E-state index is 11.4. The van der Waals surface area contributed by atoms with E-state index in [2.05, 4.69) is 11.3 Å². The first-order chi connectivity index (χ1) is 7.01. The summed E-state index contributed by atoms with van der Waals surface area (Å²) in [6.07, 6.45) is 2.72. The van der Waals surface area contributed by atoms with Crippen LogP contribution in [0.2, 0.25) is 0 Å². The molecule has 3 heteroatoms. The summed E-state index contributed by atoms with van der Waals surface area (Å²) in [7, 11) is 1.37. The number of hydrogen-bond donors (Lipinski definition) is 0. The van der Waals surface area contributed by atoms with Gasteiger partial charge in [0, 0.05) is 16.9 Å². The van der Waals surface area contributed by atoms with Crippen molar-refractivity contribution in [1.82, 2.24) is 0 Å². The molecule has 0 bridgehead atoms. The maximum absolute atomic E-state index is 11.4. The molecular weight excluding hydrogens is 192 g/mol. The number of esters is 1. The van der Waals surface area contributed by atoms with Gasteiger partial charge in [0.1, 0.15) is 5.78 Å². The van der Waals surface area contributed by atoms with Crippen LogP contribution >= 0.6 is 0 Å². The Morgan fingerprint density at radius 1 is 1.40 bits per heavy atom. The lowest BCUT2D eigenvalue weighted by Crippen LogP contribution is -2.17. The van der Waals surface area contributed by atoms with Crippen LogP contribution < -0.4 is 0 Å². The summed E-state index contributed by atoms with van der Waals surface area (Å²) >= 11 is 0. The summed E-state index contributed by atoms with van der Waals surface area (Å²) in [4.78, 5) is 22.7. The summed E-state index contributed by atoms with van der Waals surface area (Å²) in [5.74, 6) is 0.532. The van der Waals surface area contributed by atoms with E-state index in [-0.39, 0.29) is 23.1 Å². The molecule has 1 unspecified atom stereocenters. The van der Waals surface area contributed by atoms with E-state index in [0.717, 1.165) is 19.3 Å². The van der Waals surface area contributed by atoms with Gasteiger partial charge in [0.15, 0.2) is 0 Å². The minimum absolute atomic E-state index is 0.0938. The minimum Gasteiger partial charge on any atom is -0.466 e. The third-order valence-corrected chi connectivity index (χ3v) is 4.02. The van der Waals surface area contributed by atoms with Crippen LogP contribution in [0.15, 0.2) is 12.2 Å². The molecule has 0 heterocycles. The number of hydrogen-bond acceptors (Lipinski definition) is 3. The van der Waals surface area contributed by atoms with E-state index in [1.165, 1.54) is 7.11 Å². The number of ether oxygens (including phenoxy) is 1. The van der Waals surface area contributed by atoms with Crippen LogP contribution in [0.25, 0.3) is 0 Å². The monoisotopic (exact) mass is 208 g/mol. The van der Waals surface area contributed by atoms with Gasteiger partial charge in [-0.05, 0) is 32.1 Å². The van der Waals surface area contributed by atoms with Crippen LogP contribution in [0.5, 0.6) is 0 Å². The molecule has 0 radical (unpaired) electrons. The van der Waals surface area contributed by atoms with E-state index in [1.807, 2.05) is 0 Å². The predicted octanol–water partition coefficient (Wildman–Crippen LogP) is 1.72. The van der Waals surface area contributed by atoms with Crippen molar-refractivity contribution < 1.29 is 14.3 Å². The Balaban J connectivity index is 2.10. The van der Waals surface area contributed by atoms with Gasteiger partial charge >= 0.3 is 5.97 Å². The molecule has 0 aromatic rings. The maximum Gasteiger partial charge on any atom is 0.333 e. The van der Waals surface area contributed by atoms with Crippen molar-refractivity contribution in [3.05, 3.63) is 12.2 Å². The molecule has 0 spiro atoms. The van der Waals surface area contributed by atoms with E-state index in [0.29, 0.717) is 11.5 Å². The first kappa shape index (κ1) is 10.4. The van der Waals surface area contributed by atoms with Crippen molar-refractivity contribution in [2.75, 3.05) is 7.11 Å². The summed E-state index contributed by atoms with van der Waals surface area (Å²) in [6.45, 7) is 5.46. The normalized spacial score (nSPS) is 36.9. The molecule has 2 aliphatic carbocycles. The van der Waals surface area contributed by atoms with Crippen LogP contribution in [-0.2, 0) is 14.3 Å². The number of rotatable bonds is 3. The molecule has 15 heavy (non-hydrogen) atoms. The van der Waals surface area contributed by atoms with E-state index in [1.54, 1.807) is 6.92 Å². The molecule has 0 aliphatic heterocycles. The van der Waals surface area contributed by atoms with Gasteiger partial charge in [-0.2, -0.15) is 0 Å². The zero-order valence-corrected chi connectivity index (χ0v) is 9.21. The van der Waals surface area contributed by atoms with Crippen molar-refractivity contribution in [1.29, 1.82) is 0 Å². The molecular formula is C12H16O3. The van der Waals surface area contributed by atoms with Gasteiger partial charge in [0.2, 0.25) is 0 Å². The fraction of sp³-hybridized carbons (Fsp3) is 0.667. The third-order valence-electron chi connectivity index (χ3n) is 4.02. The molecule has 3 atom stereocenters. The molecule has 2 aliphatic rings. The number of Topliss-reactive ketones (excluding diaryl/α,β-unsaturated/α-hetero) is 1. The Morgan fingerprint density at radius 3 is 2.53 bits per heavy atom. The molecule has 82 valence electrons. The number of methoxy groups -OCH3 is 1. The van der Waals surface area contributed by atoms with Crippen molar-refractivity contribution in [3.8, 4) is 0 Å². The fourth-order valence-corrected chi connectivity index (χ4v) is 2.94. The minimum atomic E-state index is -0.318. The van der Waals surface area contributed by atoms with Crippen LogP contribution in [0.3, 0.4) is 0 Å². The Labute approximate surface area is 89.5 Å². The third kappa shape index (κ3) is 1.41. The van der Waals surface area contributed by atoms with Crippen LogP contribution in [-0.4, -0.2) is 18.9 Å². The van der Waals surface area contributed by atoms with Crippen LogP contribution in [0.1, 0.15) is 26.2 Å². The SMILES string of the molecule is C=C(C(=O)OC)[C@]12CC(C(C)=O)C[C@H]1C2. The summed E-state index contributed by atoms with van der Waals surface area (Å²) in [5, 5.41) is 0. The van der Waals surface area contributed by atoms with Crippen molar-refractivity contribution >= 4 is 11.8 Å². The molecule has 0 N–H and O–H groups in total. The van der Waals surface area contributed by atoms with Gasteiger partial charge < -0.3 is 4.74 Å². The van der Waals surface area contributed by atoms with Crippen molar-refractivity contribution in [3.63, 3.8) is 0 Å². The molecule has 0 aromatic carbocycles. The van der Waals surface area contributed by atoms with Crippen molar-refractivity contribution in [2.24, 2.45) is 17.3 Å². The highest BCUT2D eigenvalue weighted by Gasteiger charge is 2.63. The highest BCUT2D eigenvalue weighted by Crippen LogP contribution is 2.69. The lowest BCUT2D eigenvalue weighted by atomic mass is 9.89. The van der Waals surface area contributed by atoms with Gasteiger partial charge in [-0.3, -0.25) is 4.79 Å². The molecule has 2 saturated carbocycles. The highest BCUT2D eigenvalue weighted by atomic mass is 16.5. The number of carbonyl (C=O) groups excluding carboxylic acids is 2. The zero-order chi connectivity index (χ0) is 11.2. The fourth-order valence-electron chi connectivity index (χ4n) is 2.94. The molecule has 0 saturated heterocycles. The summed E-state index contributed by atoms with van der Waals surface area (Å²) < 4.78 is 4.69. The molecule has 2 fully saturated rings. The highest BCUT2D eigenvalue weighted by molar-refractivity contribution is 5.91. The van der Waals surface area contributed by atoms with E-state index in [4.69, 9.17) is 0 Å². The van der Waals surface area contributed by atoms with E-state index >= 15 is 0 Å². The Kier molecular flexibility index (Phi) is 2.21. The second kappa shape index (κ2) is 3.19. The smallest absolute Gasteiger partial charge is 0.333 e. The largest absolute Gasteiger partial charge is 0.466 e. The van der Waals surface area contributed by atoms with Crippen LogP contribution in [0, 0.1) is 17.3 Å². The van der Waals surface area contributed by atoms with E-state index < -0.39 is 0 Å². The molecule has 0 aromatic heterocycles.